The molecule has 8 nitrogen and oxygen atoms in total. The summed E-state index contributed by atoms with van der Waals surface area (Å²) in [6.45, 7) is 5.80. The first-order chi connectivity index (χ1) is 9.65. The summed E-state index contributed by atoms with van der Waals surface area (Å²) in [5.74, 6) is 0.906. The van der Waals surface area contributed by atoms with Gasteiger partial charge in [0.25, 0.3) is 0 Å². The number of sulfonamides is 1. The number of rotatable bonds is 4. The second kappa shape index (κ2) is 5.76. The zero-order valence-electron chi connectivity index (χ0n) is 11.4. The third-order valence-electron chi connectivity index (χ3n) is 3.87. The molecule has 1 saturated heterocycles. The normalized spacial score (nSPS) is 21.8. The second-order valence-corrected chi connectivity index (χ2v) is 7.27. The zero-order chi connectivity index (χ0) is 14.0. The molecule has 0 aliphatic carbocycles. The Labute approximate surface area is 118 Å². The molecule has 1 aromatic heterocycles. The summed E-state index contributed by atoms with van der Waals surface area (Å²) in [7, 11) is -3.21. The van der Waals surface area contributed by atoms with Gasteiger partial charge in [0.2, 0.25) is 10.0 Å². The van der Waals surface area contributed by atoms with Gasteiger partial charge < -0.3 is 9.88 Å². The molecule has 20 heavy (non-hydrogen) atoms. The minimum absolute atomic E-state index is 0.182. The van der Waals surface area contributed by atoms with E-state index in [9.17, 15) is 8.42 Å². The van der Waals surface area contributed by atoms with Gasteiger partial charge in [0.15, 0.2) is 0 Å². The van der Waals surface area contributed by atoms with Gasteiger partial charge in [0.05, 0.1) is 12.3 Å². The highest BCUT2D eigenvalue weighted by atomic mass is 32.2. The maximum Gasteiger partial charge on any atom is 0.215 e. The van der Waals surface area contributed by atoms with Gasteiger partial charge in [-0.05, 0) is 0 Å². The van der Waals surface area contributed by atoms with E-state index in [1.54, 1.807) is 6.33 Å². The third-order valence-corrected chi connectivity index (χ3v) is 5.67. The first-order valence-corrected chi connectivity index (χ1v) is 8.54. The number of hydrogen-bond acceptors (Lipinski definition) is 6. The lowest BCUT2D eigenvalue weighted by Gasteiger charge is -2.30. The molecule has 2 aliphatic rings. The molecule has 2 aliphatic heterocycles. The van der Waals surface area contributed by atoms with Crippen LogP contribution in [0.15, 0.2) is 6.33 Å². The molecule has 9 heteroatoms. The summed E-state index contributed by atoms with van der Waals surface area (Å²) in [5, 5.41) is 11.0. The predicted octanol–water partition coefficient (Wildman–Crippen LogP) is -1.67. The molecule has 112 valence electrons. The minimum Gasteiger partial charge on any atom is -0.315 e. The Kier molecular flexibility index (Phi) is 4.01. The van der Waals surface area contributed by atoms with Gasteiger partial charge >= 0.3 is 0 Å². The van der Waals surface area contributed by atoms with Crippen molar-refractivity contribution in [2.45, 2.75) is 13.1 Å². The first-order valence-electron chi connectivity index (χ1n) is 6.93. The summed E-state index contributed by atoms with van der Waals surface area (Å²) < 4.78 is 28.2. The molecule has 3 rings (SSSR count). The summed E-state index contributed by atoms with van der Waals surface area (Å²) in [6, 6.07) is 0. The molecule has 0 atom stereocenters. The van der Waals surface area contributed by atoms with Crippen molar-refractivity contribution >= 4 is 10.0 Å². The highest BCUT2D eigenvalue weighted by Crippen LogP contribution is 2.13. The smallest absolute Gasteiger partial charge is 0.215 e. The average molecular weight is 300 g/mol. The molecule has 0 amide bonds. The lowest BCUT2D eigenvalue weighted by Crippen LogP contribution is -2.47. The van der Waals surface area contributed by atoms with Gasteiger partial charge in [-0.3, -0.25) is 4.90 Å². The standard InChI is InChI=1S/C11H20N6O2S/c18-20(19,8-7-15-3-1-12-2-4-15)17-6-5-16-10-13-14-11(16)9-17/h10,12H,1-9H2. The monoisotopic (exact) mass is 300 g/mol. The second-order valence-electron chi connectivity index (χ2n) is 5.18. The van der Waals surface area contributed by atoms with E-state index < -0.39 is 10.0 Å². The number of aromatic nitrogens is 3. The van der Waals surface area contributed by atoms with Crippen LogP contribution in [-0.4, -0.2) is 77.4 Å². The van der Waals surface area contributed by atoms with Crippen LogP contribution in [0, 0.1) is 0 Å². The van der Waals surface area contributed by atoms with Gasteiger partial charge in [0.1, 0.15) is 12.2 Å². The van der Waals surface area contributed by atoms with E-state index in [1.165, 1.54) is 4.31 Å². The maximum atomic E-state index is 12.4. The largest absolute Gasteiger partial charge is 0.315 e. The van der Waals surface area contributed by atoms with Gasteiger partial charge in [-0.2, -0.15) is 4.31 Å². The van der Waals surface area contributed by atoms with E-state index in [4.69, 9.17) is 0 Å². The lowest BCUT2D eigenvalue weighted by molar-refractivity contribution is 0.251. The van der Waals surface area contributed by atoms with E-state index in [2.05, 4.69) is 20.4 Å². The van der Waals surface area contributed by atoms with Gasteiger partial charge in [0, 0.05) is 45.8 Å². The number of piperazine rings is 1. The van der Waals surface area contributed by atoms with Crippen molar-refractivity contribution in [2.75, 3.05) is 45.0 Å². The van der Waals surface area contributed by atoms with Crippen LogP contribution < -0.4 is 5.32 Å². The summed E-state index contributed by atoms with van der Waals surface area (Å²) >= 11 is 0. The van der Waals surface area contributed by atoms with E-state index in [-0.39, 0.29) is 5.75 Å². The molecule has 0 spiro atoms. The topological polar surface area (TPSA) is 83.4 Å². The fraction of sp³-hybridized carbons (Fsp3) is 0.818. The Morgan fingerprint density at radius 1 is 1.20 bits per heavy atom. The molecule has 0 radical (unpaired) electrons. The zero-order valence-corrected chi connectivity index (χ0v) is 12.2. The van der Waals surface area contributed by atoms with Crippen LogP contribution in [0.25, 0.3) is 0 Å². The van der Waals surface area contributed by atoms with Crippen LogP contribution in [0.2, 0.25) is 0 Å². The van der Waals surface area contributed by atoms with Crippen molar-refractivity contribution < 1.29 is 8.42 Å². The summed E-state index contributed by atoms with van der Waals surface area (Å²) in [6.07, 6.45) is 1.65. The van der Waals surface area contributed by atoms with Crippen molar-refractivity contribution in [3.63, 3.8) is 0 Å². The Balaban J connectivity index is 1.58. The van der Waals surface area contributed by atoms with Gasteiger partial charge in [-0.15, -0.1) is 10.2 Å². The predicted molar refractivity (Wildman–Crippen MR) is 73.5 cm³/mol. The van der Waals surface area contributed by atoms with E-state index in [1.807, 2.05) is 4.57 Å². The third kappa shape index (κ3) is 3.00. The van der Waals surface area contributed by atoms with Crippen LogP contribution in [0.3, 0.4) is 0 Å². The average Bonchev–Trinajstić information content (AvgIpc) is 2.94. The highest BCUT2D eigenvalue weighted by Gasteiger charge is 2.28. The summed E-state index contributed by atoms with van der Waals surface area (Å²) in [5.41, 5.74) is 0. The van der Waals surface area contributed by atoms with Crippen molar-refractivity contribution in [2.24, 2.45) is 0 Å². The van der Waals surface area contributed by atoms with Crippen LogP contribution in [0.4, 0.5) is 0 Å². The van der Waals surface area contributed by atoms with Crippen LogP contribution in [0.5, 0.6) is 0 Å². The number of fused-ring (bicyclic) bond motifs is 1. The maximum absolute atomic E-state index is 12.4. The molecule has 0 unspecified atom stereocenters. The Morgan fingerprint density at radius 2 is 2.00 bits per heavy atom. The first kappa shape index (κ1) is 13.9. The van der Waals surface area contributed by atoms with Crippen LogP contribution in [0.1, 0.15) is 5.82 Å². The molecule has 0 saturated carbocycles. The van der Waals surface area contributed by atoms with Crippen molar-refractivity contribution in [3.05, 3.63) is 12.2 Å². The Morgan fingerprint density at radius 3 is 2.80 bits per heavy atom. The summed E-state index contributed by atoms with van der Waals surface area (Å²) in [4.78, 5) is 2.19. The molecule has 3 heterocycles. The molecule has 1 aromatic rings. The van der Waals surface area contributed by atoms with Crippen LogP contribution in [-0.2, 0) is 23.1 Å². The van der Waals surface area contributed by atoms with E-state index >= 15 is 0 Å². The number of nitrogens with zero attached hydrogens (tertiary/aromatic N) is 5. The van der Waals surface area contributed by atoms with Crippen molar-refractivity contribution in [1.82, 2.24) is 29.3 Å². The molecule has 0 bridgehead atoms. The molecular formula is C11H20N6O2S. The van der Waals surface area contributed by atoms with E-state index in [0.29, 0.717) is 26.2 Å². The Hall–Kier alpha value is -1.03. The fourth-order valence-electron chi connectivity index (χ4n) is 2.59. The molecule has 0 aromatic carbocycles. The van der Waals surface area contributed by atoms with Crippen molar-refractivity contribution in [3.8, 4) is 0 Å². The van der Waals surface area contributed by atoms with Crippen LogP contribution >= 0.6 is 0 Å². The SMILES string of the molecule is O=S(=O)(CCN1CCNCC1)N1CCn2cnnc2C1. The Bertz CT molecular complexity index is 551. The molecular weight excluding hydrogens is 280 g/mol. The number of nitrogens with one attached hydrogen (secondary N) is 1. The van der Waals surface area contributed by atoms with Gasteiger partial charge in [-0.25, -0.2) is 8.42 Å². The number of hydrogen-bond donors (Lipinski definition) is 1. The molecule has 1 N–H and O–H groups in total. The van der Waals surface area contributed by atoms with Crippen molar-refractivity contribution in [1.29, 1.82) is 0 Å². The highest BCUT2D eigenvalue weighted by molar-refractivity contribution is 7.89. The van der Waals surface area contributed by atoms with Gasteiger partial charge in [-0.1, -0.05) is 0 Å². The quantitative estimate of drug-likeness (QED) is 0.716. The lowest BCUT2D eigenvalue weighted by atomic mass is 10.4. The molecule has 1 fully saturated rings. The minimum atomic E-state index is -3.21. The van der Waals surface area contributed by atoms with E-state index in [0.717, 1.165) is 32.0 Å². The fourth-order valence-corrected chi connectivity index (χ4v) is 4.01.